The molecule has 38 heavy (non-hydrogen) atoms. The van der Waals surface area contributed by atoms with Crippen LogP contribution in [0.1, 0.15) is 82.0 Å². The number of hydrogen-bond donors (Lipinski definition) is 0. The Morgan fingerprint density at radius 3 is 2.11 bits per heavy atom. The average molecular weight is 532 g/mol. The fraction of sp³-hybridized carbons (Fsp3) is 0.367. The highest BCUT2D eigenvalue weighted by Gasteiger charge is 2.28. The Balaban J connectivity index is 1.89. The molecular formula is C30H33N3O4S. The first-order chi connectivity index (χ1) is 17.6. The number of rotatable bonds is 4. The van der Waals surface area contributed by atoms with Crippen LogP contribution in [0.3, 0.4) is 0 Å². The Morgan fingerprint density at radius 1 is 1.00 bits per heavy atom. The molecule has 8 heteroatoms. The SMILES string of the molecule is CC(=O)Oc1c(C(C)(C)C)cc(/C=c2\sc3nc(=O)c(Cc4ccc(C)cc4)nn3c2=O)cc1C(C)(C)C. The lowest BCUT2D eigenvalue weighted by Gasteiger charge is -2.29. The molecule has 2 aromatic carbocycles. The zero-order chi connectivity index (χ0) is 28.0. The van der Waals surface area contributed by atoms with Gasteiger partial charge in [-0.2, -0.15) is 14.6 Å². The molecule has 0 bridgehead atoms. The molecule has 7 nitrogen and oxygen atoms in total. The van der Waals surface area contributed by atoms with Gasteiger partial charge in [-0.1, -0.05) is 82.7 Å². The Bertz CT molecular complexity index is 1670. The molecule has 4 rings (SSSR count). The van der Waals surface area contributed by atoms with Crippen molar-refractivity contribution in [1.29, 1.82) is 0 Å². The van der Waals surface area contributed by atoms with E-state index in [2.05, 4.69) is 51.6 Å². The van der Waals surface area contributed by atoms with Gasteiger partial charge in [0.15, 0.2) is 0 Å². The predicted molar refractivity (Wildman–Crippen MR) is 151 cm³/mol. The molecule has 0 atom stereocenters. The minimum Gasteiger partial charge on any atom is -0.426 e. The number of aromatic nitrogens is 3. The van der Waals surface area contributed by atoms with E-state index in [1.807, 2.05) is 43.3 Å². The highest BCUT2D eigenvalue weighted by molar-refractivity contribution is 7.15. The number of fused-ring (bicyclic) bond motifs is 1. The highest BCUT2D eigenvalue weighted by atomic mass is 32.1. The van der Waals surface area contributed by atoms with Gasteiger partial charge in [0.2, 0.25) is 4.96 Å². The molecule has 0 N–H and O–H groups in total. The molecule has 198 valence electrons. The van der Waals surface area contributed by atoms with Crippen LogP contribution >= 0.6 is 11.3 Å². The number of esters is 1. The van der Waals surface area contributed by atoms with Gasteiger partial charge in [-0.3, -0.25) is 14.4 Å². The summed E-state index contributed by atoms with van der Waals surface area (Å²) < 4.78 is 7.34. The minimum atomic E-state index is -0.436. The third kappa shape index (κ3) is 5.75. The van der Waals surface area contributed by atoms with Crippen LogP contribution in [-0.2, 0) is 22.0 Å². The maximum absolute atomic E-state index is 13.3. The lowest BCUT2D eigenvalue weighted by molar-refractivity contribution is -0.132. The van der Waals surface area contributed by atoms with Crippen LogP contribution in [-0.4, -0.2) is 20.6 Å². The molecule has 4 aromatic rings. The lowest BCUT2D eigenvalue weighted by atomic mass is 9.78. The van der Waals surface area contributed by atoms with E-state index in [0.29, 0.717) is 16.7 Å². The third-order valence-electron chi connectivity index (χ3n) is 6.21. The van der Waals surface area contributed by atoms with E-state index in [4.69, 9.17) is 4.74 Å². The van der Waals surface area contributed by atoms with Gasteiger partial charge in [0.1, 0.15) is 11.4 Å². The summed E-state index contributed by atoms with van der Waals surface area (Å²) >= 11 is 1.13. The summed E-state index contributed by atoms with van der Waals surface area (Å²) in [6.45, 7) is 15.7. The summed E-state index contributed by atoms with van der Waals surface area (Å²) in [5, 5.41) is 4.38. The van der Waals surface area contributed by atoms with Crippen molar-refractivity contribution in [1.82, 2.24) is 14.6 Å². The van der Waals surface area contributed by atoms with Crippen molar-refractivity contribution in [3.63, 3.8) is 0 Å². The highest BCUT2D eigenvalue weighted by Crippen LogP contribution is 2.41. The van der Waals surface area contributed by atoms with Gasteiger partial charge in [-0.15, -0.1) is 0 Å². The summed E-state index contributed by atoms with van der Waals surface area (Å²) in [4.78, 5) is 42.4. The molecule has 0 fully saturated rings. The van der Waals surface area contributed by atoms with E-state index in [0.717, 1.165) is 39.2 Å². The van der Waals surface area contributed by atoms with Crippen molar-refractivity contribution in [2.75, 3.05) is 0 Å². The van der Waals surface area contributed by atoms with Crippen LogP contribution in [0.4, 0.5) is 0 Å². The van der Waals surface area contributed by atoms with Gasteiger partial charge in [0.25, 0.3) is 11.1 Å². The first kappa shape index (κ1) is 27.4. The molecule has 0 spiro atoms. The number of thiazole rings is 1. The van der Waals surface area contributed by atoms with E-state index >= 15 is 0 Å². The predicted octanol–water partition coefficient (Wildman–Crippen LogP) is 4.48. The molecule has 0 radical (unpaired) electrons. The standard InChI is InChI=1S/C30H33N3O4S/c1-17-9-11-19(12-10-17)15-23-26(35)31-28-33(32-23)27(36)24(38-28)16-20-13-21(29(3,4)5)25(37-18(2)34)22(14-20)30(6,7)8/h9-14,16H,15H2,1-8H3/b24-16-. The van der Waals surface area contributed by atoms with Crippen molar-refractivity contribution < 1.29 is 9.53 Å². The van der Waals surface area contributed by atoms with Crippen molar-refractivity contribution in [3.8, 4) is 5.75 Å². The fourth-order valence-electron chi connectivity index (χ4n) is 4.20. The number of aryl methyl sites for hydroxylation is 1. The summed E-state index contributed by atoms with van der Waals surface area (Å²) in [7, 11) is 0. The second-order valence-electron chi connectivity index (χ2n) is 11.7. The number of carbonyl (C=O) groups is 1. The summed E-state index contributed by atoms with van der Waals surface area (Å²) in [6, 6.07) is 11.7. The number of benzene rings is 2. The topological polar surface area (TPSA) is 90.6 Å². The maximum atomic E-state index is 13.3. The van der Waals surface area contributed by atoms with Crippen LogP contribution in [0.25, 0.3) is 11.0 Å². The number of nitrogens with zero attached hydrogens (tertiary/aromatic N) is 3. The molecule has 0 aliphatic carbocycles. The molecule has 2 aromatic heterocycles. The zero-order valence-corrected chi connectivity index (χ0v) is 23.9. The van der Waals surface area contributed by atoms with E-state index < -0.39 is 5.56 Å². The Kier molecular flexibility index (Phi) is 7.14. The Hall–Kier alpha value is -3.65. The van der Waals surface area contributed by atoms with E-state index in [-0.39, 0.29) is 33.0 Å². The summed E-state index contributed by atoms with van der Waals surface area (Å²) in [6.07, 6.45) is 2.08. The van der Waals surface area contributed by atoms with Crippen LogP contribution in [0.5, 0.6) is 5.75 Å². The van der Waals surface area contributed by atoms with Gasteiger partial charge in [0, 0.05) is 24.5 Å². The smallest absolute Gasteiger partial charge is 0.308 e. The number of ether oxygens (including phenoxy) is 1. The third-order valence-corrected chi connectivity index (χ3v) is 7.17. The maximum Gasteiger partial charge on any atom is 0.308 e. The van der Waals surface area contributed by atoms with Crippen LogP contribution in [0.2, 0.25) is 0 Å². The summed E-state index contributed by atoms with van der Waals surface area (Å²) in [5.41, 5.74) is 3.38. The number of hydrogen-bond acceptors (Lipinski definition) is 7. The van der Waals surface area contributed by atoms with Gasteiger partial charge >= 0.3 is 5.97 Å². The zero-order valence-electron chi connectivity index (χ0n) is 23.1. The monoisotopic (exact) mass is 531 g/mol. The largest absolute Gasteiger partial charge is 0.426 e. The lowest BCUT2D eigenvalue weighted by Crippen LogP contribution is -2.28. The normalized spacial score (nSPS) is 12.8. The van der Waals surface area contributed by atoms with Gasteiger partial charge < -0.3 is 4.74 Å². The molecule has 0 aliphatic heterocycles. The van der Waals surface area contributed by atoms with Gasteiger partial charge in [-0.25, -0.2) is 0 Å². The summed E-state index contributed by atoms with van der Waals surface area (Å²) in [5.74, 6) is 0.176. The molecule has 2 heterocycles. The molecule has 0 saturated carbocycles. The minimum absolute atomic E-state index is 0.226. The molecule has 0 unspecified atom stereocenters. The molecular weight excluding hydrogens is 498 g/mol. The molecule has 0 amide bonds. The second kappa shape index (κ2) is 9.91. The van der Waals surface area contributed by atoms with Crippen molar-refractivity contribution >= 4 is 28.3 Å². The van der Waals surface area contributed by atoms with E-state index in [1.54, 1.807) is 6.08 Å². The first-order valence-electron chi connectivity index (χ1n) is 12.5. The van der Waals surface area contributed by atoms with E-state index in [9.17, 15) is 14.4 Å². The van der Waals surface area contributed by atoms with Crippen molar-refractivity contribution in [3.05, 3.63) is 95.1 Å². The fourth-order valence-corrected chi connectivity index (χ4v) is 5.11. The first-order valence-corrected chi connectivity index (χ1v) is 13.3. The Morgan fingerprint density at radius 2 is 1.58 bits per heavy atom. The van der Waals surface area contributed by atoms with Crippen LogP contribution < -0.4 is 20.4 Å². The van der Waals surface area contributed by atoms with Crippen molar-refractivity contribution in [2.45, 2.75) is 72.6 Å². The van der Waals surface area contributed by atoms with Gasteiger partial charge in [0.05, 0.1) is 4.53 Å². The molecule has 0 saturated heterocycles. The molecule has 0 aliphatic rings. The second-order valence-corrected chi connectivity index (χ2v) is 12.7. The number of carbonyl (C=O) groups excluding carboxylic acids is 1. The average Bonchev–Trinajstić information content (AvgIpc) is 3.08. The van der Waals surface area contributed by atoms with Gasteiger partial charge in [-0.05, 0) is 47.1 Å². The van der Waals surface area contributed by atoms with Crippen LogP contribution in [0.15, 0.2) is 46.0 Å². The quantitative estimate of drug-likeness (QED) is 0.285. The Labute approximate surface area is 225 Å². The van der Waals surface area contributed by atoms with Crippen LogP contribution in [0, 0.1) is 6.92 Å². The van der Waals surface area contributed by atoms with E-state index in [1.165, 1.54) is 11.4 Å². The van der Waals surface area contributed by atoms with Crippen molar-refractivity contribution in [2.24, 2.45) is 0 Å².